The third kappa shape index (κ3) is 2.25. The summed E-state index contributed by atoms with van der Waals surface area (Å²) in [6.45, 7) is 1.96. The van der Waals surface area contributed by atoms with Crippen LogP contribution in [0.25, 0.3) is 0 Å². The number of phenolic OH excluding ortho intramolecular Hbond substituents is 1. The summed E-state index contributed by atoms with van der Waals surface area (Å²) >= 11 is 5.85. The first kappa shape index (κ1) is 11.0. The smallest absolute Gasteiger partial charge is 0.180 e. The summed E-state index contributed by atoms with van der Waals surface area (Å²) in [6.07, 6.45) is 0. The van der Waals surface area contributed by atoms with Crippen molar-refractivity contribution in [1.82, 2.24) is 5.32 Å². The van der Waals surface area contributed by atoms with Gasteiger partial charge in [0.1, 0.15) is 5.75 Å². The van der Waals surface area contributed by atoms with Gasteiger partial charge in [-0.1, -0.05) is 11.6 Å². The lowest BCUT2D eigenvalue weighted by Gasteiger charge is -2.06. The minimum Gasteiger partial charge on any atom is -0.507 e. The number of likely N-dealkylation sites (N-methyl/N-ethyl adjacent to an activating group) is 1. The lowest BCUT2D eigenvalue weighted by Crippen LogP contribution is -2.18. The summed E-state index contributed by atoms with van der Waals surface area (Å²) in [5.41, 5.74) is 1.01. The predicted octanol–water partition coefficient (Wildman–Crippen LogP) is 1.76. The number of ketones is 1. The number of aromatic hydroxyl groups is 1. The van der Waals surface area contributed by atoms with Gasteiger partial charge in [-0.2, -0.15) is 0 Å². The molecule has 0 amide bonds. The Hall–Kier alpha value is -1.06. The lowest BCUT2D eigenvalue weighted by molar-refractivity contribution is 0.0991. The van der Waals surface area contributed by atoms with Gasteiger partial charge in [-0.3, -0.25) is 4.79 Å². The third-order valence-corrected chi connectivity index (χ3v) is 2.32. The third-order valence-electron chi connectivity index (χ3n) is 1.91. The zero-order valence-corrected chi connectivity index (χ0v) is 8.85. The number of carbonyl (C=O) groups excluding carboxylic acids is 1. The average molecular weight is 214 g/mol. The highest BCUT2D eigenvalue weighted by molar-refractivity contribution is 6.31. The standard InChI is InChI=1S/C10H12ClNO2/c1-6-3-9(13)7(4-8(6)11)10(14)5-12-2/h3-4,12-13H,5H2,1-2H3. The van der Waals surface area contributed by atoms with Gasteiger partial charge in [-0.15, -0.1) is 0 Å². The minimum atomic E-state index is -0.174. The normalized spacial score (nSPS) is 10.2. The maximum Gasteiger partial charge on any atom is 0.180 e. The van der Waals surface area contributed by atoms with Crippen molar-refractivity contribution in [2.24, 2.45) is 0 Å². The van der Waals surface area contributed by atoms with Crippen molar-refractivity contribution in [3.63, 3.8) is 0 Å². The summed E-state index contributed by atoms with van der Waals surface area (Å²) < 4.78 is 0. The maximum absolute atomic E-state index is 11.4. The lowest BCUT2D eigenvalue weighted by atomic mass is 10.1. The first-order chi connectivity index (χ1) is 6.56. The van der Waals surface area contributed by atoms with Gasteiger partial charge in [0.25, 0.3) is 0 Å². The molecule has 0 radical (unpaired) electrons. The van der Waals surface area contributed by atoms with Gasteiger partial charge in [-0.25, -0.2) is 0 Å². The van der Waals surface area contributed by atoms with Gasteiger partial charge < -0.3 is 10.4 Å². The van der Waals surface area contributed by atoms with E-state index in [0.29, 0.717) is 5.02 Å². The summed E-state index contributed by atoms with van der Waals surface area (Å²) in [5.74, 6) is -0.195. The van der Waals surface area contributed by atoms with Gasteiger partial charge in [0.15, 0.2) is 5.78 Å². The van der Waals surface area contributed by atoms with E-state index in [1.54, 1.807) is 14.0 Å². The summed E-state index contributed by atoms with van der Waals surface area (Å²) in [5, 5.41) is 12.7. The highest BCUT2D eigenvalue weighted by Crippen LogP contribution is 2.25. The van der Waals surface area contributed by atoms with Crippen LogP contribution in [-0.2, 0) is 0 Å². The molecule has 1 rings (SSSR count). The number of carbonyl (C=O) groups is 1. The van der Waals surface area contributed by atoms with Gasteiger partial charge in [-0.05, 0) is 31.7 Å². The molecule has 0 spiro atoms. The molecule has 0 atom stereocenters. The molecule has 0 heterocycles. The van der Waals surface area contributed by atoms with E-state index in [9.17, 15) is 9.90 Å². The second kappa shape index (κ2) is 4.44. The van der Waals surface area contributed by atoms with Crippen LogP contribution < -0.4 is 5.32 Å². The van der Waals surface area contributed by atoms with E-state index < -0.39 is 0 Å². The molecule has 0 aliphatic carbocycles. The van der Waals surface area contributed by atoms with Crippen molar-refractivity contribution in [1.29, 1.82) is 0 Å². The largest absolute Gasteiger partial charge is 0.507 e. The summed E-state index contributed by atoms with van der Waals surface area (Å²) in [7, 11) is 1.67. The van der Waals surface area contributed by atoms with Crippen LogP contribution >= 0.6 is 11.6 Å². The van der Waals surface area contributed by atoms with Gasteiger partial charge in [0, 0.05) is 5.02 Å². The molecule has 4 heteroatoms. The Morgan fingerprint density at radius 2 is 2.21 bits per heavy atom. The van der Waals surface area contributed by atoms with Crippen molar-refractivity contribution in [3.05, 3.63) is 28.3 Å². The van der Waals surface area contributed by atoms with Gasteiger partial charge in [0.05, 0.1) is 12.1 Å². The molecule has 0 aliphatic heterocycles. The van der Waals surface area contributed by atoms with E-state index in [4.69, 9.17) is 11.6 Å². The Balaban J connectivity index is 3.09. The molecule has 1 aromatic carbocycles. The Bertz CT molecular complexity index is 363. The molecule has 0 aliphatic rings. The SMILES string of the molecule is CNCC(=O)c1cc(Cl)c(C)cc1O. The Morgan fingerprint density at radius 1 is 1.57 bits per heavy atom. The highest BCUT2D eigenvalue weighted by atomic mass is 35.5. The summed E-state index contributed by atoms with van der Waals surface area (Å²) in [4.78, 5) is 11.4. The molecule has 2 N–H and O–H groups in total. The van der Waals surface area contributed by atoms with Crippen molar-refractivity contribution in [3.8, 4) is 5.75 Å². The van der Waals surface area contributed by atoms with E-state index in [1.807, 2.05) is 0 Å². The van der Waals surface area contributed by atoms with E-state index in [-0.39, 0.29) is 23.6 Å². The Morgan fingerprint density at radius 3 is 2.79 bits per heavy atom. The molecule has 1 aromatic rings. The first-order valence-corrected chi connectivity index (χ1v) is 4.61. The van der Waals surface area contributed by atoms with Crippen LogP contribution in [0, 0.1) is 6.92 Å². The van der Waals surface area contributed by atoms with Crippen molar-refractivity contribution in [2.75, 3.05) is 13.6 Å². The number of hydrogen-bond acceptors (Lipinski definition) is 3. The fraction of sp³-hybridized carbons (Fsp3) is 0.300. The van der Waals surface area contributed by atoms with Crippen molar-refractivity contribution in [2.45, 2.75) is 6.92 Å². The predicted molar refractivity (Wildman–Crippen MR) is 56.1 cm³/mol. The van der Waals surface area contributed by atoms with E-state index in [1.165, 1.54) is 12.1 Å². The topological polar surface area (TPSA) is 49.3 Å². The number of aryl methyl sites for hydroxylation is 1. The number of rotatable bonds is 3. The minimum absolute atomic E-state index is 0.0212. The molecular formula is C10H12ClNO2. The molecule has 0 saturated heterocycles. The number of nitrogens with one attached hydrogen (secondary N) is 1. The molecular weight excluding hydrogens is 202 g/mol. The number of hydrogen-bond donors (Lipinski definition) is 2. The van der Waals surface area contributed by atoms with Crippen LogP contribution in [0.1, 0.15) is 15.9 Å². The molecule has 3 nitrogen and oxygen atoms in total. The molecule has 0 fully saturated rings. The second-order valence-electron chi connectivity index (χ2n) is 3.07. The highest BCUT2D eigenvalue weighted by Gasteiger charge is 2.12. The van der Waals surface area contributed by atoms with E-state index in [0.717, 1.165) is 5.56 Å². The molecule has 0 aromatic heterocycles. The zero-order valence-electron chi connectivity index (χ0n) is 8.10. The average Bonchev–Trinajstić information content (AvgIpc) is 2.11. The Kier molecular flexibility index (Phi) is 3.49. The second-order valence-corrected chi connectivity index (χ2v) is 3.48. The van der Waals surface area contributed by atoms with Gasteiger partial charge >= 0.3 is 0 Å². The quantitative estimate of drug-likeness (QED) is 0.753. The molecule has 76 valence electrons. The molecule has 0 unspecified atom stereocenters. The monoisotopic (exact) mass is 213 g/mol. The van der Waals surface area contributed by atoms with Crippen LogP contribution in [0.3, 0.4) is 0 Å². The molecule has 14 heavy (non-hydrogen) atoms. The first-order valence-electron chi connectivity index (χ1n) is 4.23. The summed E-state index contributed by atoms with van der Waals surface area (Å²) in [6, 6.07) is 2.98. The fourth-order valence-electron chi connectivity index (χ4n) is 1.15. The van der Waals surface area contributed by atoms with Crippen LogP contribution in [-0.4, -0.2) is 24.5 Å². The van der Waals surface area contributed by atoms with E-state index >= 15 is 0 Å². The van der Waals surface area contributed by atoms with Crippen LogP contribution in [0.15, 0.2) is 12.1 Å². The van der Waals surface area contributed by atoms with E-state index in [2.05, 4.69) is 5.32 Å². The maximum atomic E-state index is 11.4. The fourth-order valence-corrected chi connectivity index (χ4v) is 1.31. The number of phenols is 1. The van der Waals surface area contributed by atoms with Gasteiger partial charge in [0.2, 0.25) is 0 Å². The molecule has 0 bridgehead atoms. The number of Topliss-reactive ketones (excluding diaryl/α,β-unsaturated/α-hetero) is 1. The number of halogens is 1. The Labute approximate surface area is 87.7 Å². The molecule has 0 saturated carbocycles. The number of benzene rings is 1. The zero-order chi connectivity index (χ0) is 10.7. The van der Waals surface area contributed by atoms with Crippen LogP contribution in [0.4, 0.5) is 0 Å². The van der Waals surface area contributed by atoms with Crippen LogP contribution in [0.2, 0.25) is 5.02 Å². The van der Waals surface area contributed by atoms with Crippen molar-refractivity contribution >= 4 is 17.4 Å². The van der Waals surface area contributed by atoms with Crippen LogP contribution in [0.5, 0.6) is 5.75 Å². The van der Waals surface area contributed by atoms with Crippen molar-refractivity contribution < 1.29 is 9.90 Å².